The minimum absolute atomic E-state index is 0. The summed E-state index contributed by atoms with van der Waals surface area (Å²) in [6, 6.07) is 13.4. The van der Waals surface area contributed by atoms with Gasteiger partial charge in [-0.2, -0.15) is 0 Å². The van der Waals surface area contributed by atoms with Crippen molar-refractivity contribution in [2.45, 2.75) is 11.9 Å². The number of carboxylic acids is 1. The van der Waals surface area contributed by atoms with Crippen LogP contribution in [0.5, 0.6) is 5.75 Å². The minimum atomic E-state index is -0.910. The molecule has 6 heteroatoms. The van der Waals surface area contributed by atoms with Crippen LogP contribution in [0.3, 0.4) is 0 Å². The second-order valence-corrected chi connectivity index (χ2v) is 7.31. The molecule has 1 heterocycles. The fourth-order valence-electron chi connectivity index (χ4n) is 2.79. The third-order valence-corrected chi connectivity index (χ3v) is 5.34. The van der Waals surface area contributed by atoms with E-state index < -0.39 is 5.97 Å². The molecule has 0 fully saturated rings. The summed E-state index contributed by atoms with van der Waals surface area (Å²) in [5.74, 6) is 0.828. The number of aromatic carboxylic acids is 1. The minimum Gasteiger partial charge on any atom is -1.00 e. The SMILES string of the molecule is CN(C)CCSC1c2ccccc2COc2ccc(C(=O)O)cc21.[H-].[Na+]. The Bertz CT molecular complexity index is 757. The van der Waals surface area contributed by atoms with Gasteiger partial charge in [-0.3, -0.25) is 0 Å². The molecule has 0 bridgehead atoms. The van der Waals surface area contributed by atoms with Gasteiger partial charge in [-0.15, -0.1) is 11.8 Å². The summed E-state index contributed by atoms with van der Waals surface area (Å²) < 4.78 is 5.95. The van der Waals surface area contributed by atoms with E-state index in [9.17, 15) is 9.90 Å². The third-order valence-electron chi connectivity index (χ3n) is 4.08. The second-order valence-electron chi connectivity index (χ2n) is 6.10. The van der Waals surface area contributed by atoms with Crippen LogP contribution in [0.2, 0.25) is 0 Å². The van der Waals surface area contributed by atoms with Crippen LogP contribution in [-0.2, 0) is 6.61 Å². The molecule has 2 aromatic carbocycles. The molecule has 0 radical (unpaired) electrons. The van der Waals surface area contributed by atoms with Gasteiger partial charge in [0.1, 0.15) is 12.4 Å². The number of nitrogens with zero attached hydrogens (tertiary/aromatic N) is 1. The molecule has 1 atom stereocenters. The summed E-state index contributed by atoms with van der Waals surface area (Å²) in [6.07, 6.45) is 0. The first-order chi connectivity index (χ1) is 11.6. The topological polar surface area (TPSA) is 49.8 Å². The average molecular weight is 367 g/mol. The van der Waals surface area contributed by atoms with Crippen molar-refractivity contribution in [1.29, 1.82) is 0 Å². The van der Waals surface area contributed by atoms with Crippen molar-refractivity contribution in [2.75, 3.05) is 26.4 Å². The van der Waals surface area contributed by atoms with E-state index in [1.54, 1.807) is 18.2 Å². The molecule has 0 saturated carbocycles. The van der Waals surface area contributed by atoms with Crippen LogP contribution in [0.25, 0.3) is 0 Å². The number of carbonyl (C=O) groups is 1. The van der Waals surface area contributed by atoms with E-state index in [4.69, 9.17) is 4.74 Å². The van der Waals surface area contributed by atoms with E-state index >= 15 is 0 Å². The van der Waals surface area contributed by atoms with E-state index in [2.05, 4.69) is 31.1 Å². The van der Waals surface area contributed by atoms with Crippen molar-refractivity contribution in [2.24, 2.45) is 0 Å². The Balaban J connectivity index is 0.00000169. The Hall–Kier alpha value is -0.980. The molecule has 0 saturated heterocycles. The first-order valence-corrected chi connectivity index (χ1v) is 8.95. The van der Waals surface area contributed by atoms with Gasteiger partial charge < -0.3 is 16.2 Å². The quantitative estimate of drug-likeness (QED) is 0.792. The molecule has 1 aliphatic rings. The second kappa shape index (κ2) is 9.10. The number of hydrogen-bond acceptors (Lipinski definition) is 4. The Labute approximate surface area is 176 Å². The van der Waals surface area contributed by atoms with E-state index in [0.717, 1.165) is 29.2 Å². The zero-order valence-electron chi connectivity index (χ0n) is 15.9. The number of rotatable bonds is 5. The summed E-state index contributed by atoms with van der Waals surface area (Å²) >= 11 is 1.83. The first-order valence-electron chi connectivity index (χ1n) is 7.90. The van der Waals surface area contributed by atoms with E-state index in [1.807, 2.05) is 23.9 Å². The van der Waals surface area contributed by atoms with Gasteiger partial charge in [0.2, 0.25) is 0 Å². The molecule has 128 valence electrons. The van der Waals surface area contributed by atoms with E-state index in [0.29, 0.717) is 12.2 Å². The van der Waals surface area contributed by atoms with Crippen molar-refractivity contribution in [1.82, 2.24) is 4.90 Å². The molecule has 1 unspecified atom stereocenters. The molecule has 0 aromatic heterocycles. The van der Waals surface area contributed by atoms with Crippen LogP contribution in [0.15, 0.2) is 42.5 Å². The number of ether oxygens (including phenoxy) is 1. The molecule has 2 aromatic rings. The maximum atomic E-state index is 11.4. The molecule has 0 aliphatic carbocycles. The molecular formula is C19H22NNaO3S. The molecule has 0 spiro atoms. The number of carboxylic acid groups (broad SMARTS) is 1. The molecule has 4 nitrogen and oxygen atoms in total. The van der Waals surface area contributed by atoms with Crippen molar-refractivity contribution < 1.29 is 45.6 Å². The van der Waals surface area contributed by atoms with Gasteiger partial charge in [0.05, 0.1) is 10.8 Å². The number of benzene rings is 2. The van der Waals surface area contributed by atoms with Crippen LogP contribution in [0, 0.1) is 0 Å². The first kappa shape index (κ1) is 20.3. The van der Waals surface area contributed by atoms with Crippen LogP contribution in [0.4, 0.5) is 0 Å². The predicted octanol–water partition coefficient (Wildman–Crippen LogP) is 0.778. The van der Waals surface area contributed by atoms with Crippen molar-refractivity contribution >= 4 is 17.7 Å². The summed E-state index contributed by atoms with van der Waals surface area (Å²) in [6.45, 7) is 1.48. The van der Waals surface area contributed by atoms with Crippen molar-refractivity contribution in [3.05, 3.63) is 64.7 Å². The van der Waals surface area contributed by atoms with Gasteiger partial charge >= 0.3 is 35.5 Å². The summed E-state index contributed by atoms with van der Waals surface area (Å²) in [5.41, 5.74) is 3.62. The zero-order chi connectivity index (χ0) is 17.1. The maximum Gasteiger partial charge on any atom is 1.00 e. The van der Waals surface area contributed by atoms with E-state index in [1.165, 1.54) is 5.56 Å². The monoisotopic (exact) mass is 367 g/mol. The normalized spacial score (nSPS) is 15.4. The molecule has 1 N–H and O–H groups in total. The molecular weight excluding hydrogens is 345 g/mol. The van der Waals surface area contributed by atoms with Crippen LogP contribution >= 0.6 is 11.8 Å². The maximum absolute atomic E-state index is 11.4. The van der Waals surface area contributed by atoms with Crippen molar-refractivity contribution in [3.63, 3.8) is 0 Å². The summed E-state index contributed by atoms with van der Waals surface area (Å²) in [5, 5.41) is 9.41. The van der Waals surface area contributed by atoms with Gasteiger partial charge in [-0.25, -0.2) is 4.79 Å². The molecule has 3 rings (SSSR count). The summed E-state index contributed by atoms with van der Waals surface area (Å²) in [7, 11) is 4.11. The fraction of sp³-hybridized carbons (Fsp3) is 0.316. The van der Waals surface area contributed by atoms with Gasteiger partial charge in [0, 0.05) is 17.9 Å². The largest absolute Gasteiger partial charge is 1.00 e. The Morgan fingerprint density at radius 3 is 2.76 bits per heavy atom. The van der Waals surface area contributed by atoms with Gasteiger partial charge in [0.15, 0.2) is 0 Å². The number of thioether (sulfide) groups is 1. The van der Waals surface area contributed by atoms with Gasteiger partial charge in [-0.05, 0) is 43.4 Å². The smallest absolute Gasteiger partial charge is 1.00 e. The third kappa shape index (κ3) is 4.80. The number of fused-ring (bicyclic) bond motifs is 2. The molecule has 1 aliphatic heterocycles. The van der Waals surface area contributed by atoms with Crippen molar-refractivity contribution in [3.8, 4) is 5.75 Å². The average Bonchev–Trinajstić information content (AvgIpc) is 2.71. The van der Waals surface area contributed by atoms with Crippen LogP contribution in [0.1, 0.15) is 33.7 Å². The van der Waals surface area contributed by atoms with Crippen LogP contribution < -0.4 is 34.3 Å². The Morgan fingerprint density at radius 1 is 1.28 bits per heavy atom. The summed E-state index contributed by atoms with van der Waals surface area (Å²) in [4.78, 5) is 13.5. The van der Waals surface area contributed by atoms with Gasteiger partial charge in [-0.1, -0.05) is 24.3 Å². The van der Waals surface area contributed by atoms with E-state index in [-0.39, 0.29) is 36.2 Å². The fourth-order valence-corrected chi connectivity index (χ4v) is 4.27. The molecule has 0 amide bonds. The Morgan fingerprint density at radius 2 is 2.04 bits per heavy atom. The molecule has 25 heavy (non-hydrogen) atoms. The number of hydrogen-bond donors (Lipinski definition) is 1. The Kier molecular flexibility index (Phi) is 7.40. The standard InChI is InChI=1S/C19H21NO3S.Na.H/c1-20(2)9-10-24-18-15-6-4-3-5-14(15)12-23-17-8-7-13(19(21)22)11-16(17)18;;/h3-8,11,18H,9-10,12H2,1-2H3,(H,21,22);;/q;+1;-1. The van der Waals surface area contributed by atoms with Gasteiger partial charge in [0.25, 0.3) is 0 Å². The van der Waals surface area contributed by atoms with Crippen LogP contribution in [-0.4, -0.2) is 42.4 Å². The zero-order valence-corrected chi connectivity index (χ0v) is 17.7. The predicted molar refractivity (Wildman–Crippen MR) is 98.1 cm³/mol.